The molecule has 0 bridgehead atoms. The molecule has 19 heavy (non-hydrogen) atoms. The zero-order chi connectivity index (χ0) is 13.2. The summed E-state index contributed by atoms with van der Waals surface area (Å²) in [5.41, 5.74) is 9.29. The maximum Gasteiger partial charge on any atom is 0.153 e. The lowest BCUT2D eigenvalue weighted by atomic mass is 10.1. The number of nitrogens with zero attached hydrogens (tertiary/aromatic N) is 2. The lowest BCUT2D eigenvalue weighted by Crippen LogP contribution is -1.98. The third-order valence-corrected chi connectivity index (χ3v) is 3.83. The molecule has 4 heteroatoms. The molecule has 0 fully saturated rings. The number of halogens is 1. The molecule has 0 amide bonds. The van der Waals surface area contributed by atoms with Crippen LogP contribution >= 0.6 is 15.9 Å². The van der Waals surface area contributed by atoms with E-state index in [0.717, 1.165) is 34.5 Å². The third-order valence-electron chi connectivity index (χ3n) is 3.21. The average Bonchev–Trinajstić information content (AvgIpc) is 2.77. The largest absolute Gasteiger partial charge is 0.383 e. The van der Waals surface area contributed by atoms with Gasteiger partial charge < -0.3 is 5.73 Å². The molecule has 3 nitrogen and oxygen atoms in total. The summed E-state index contributed by atoms with van der Waals surface area (Å²) < 4.78 is 2.89. The first-order valence-corrected chi connectivity index (χ1v) is 7.00. The van der Waals surface area contributed by atoms with E-state index in [4.69, 9.17) is 5.73 Å². The standard InChI is InChI=1S/C15H14BrN3/c16-12-7-4-10-19-14(17)13(18-15(12)19)9-8-11-5-2-1-3-6-11/h1-7,10H,8-9,17H2. The molecular formula is C15H14BrN3. The van der Waals surface area contributed by atoms with Crippen LogP contribution in [0, 0.1) is 0 Å². The number of aromatic nitrogens is 2. The van der Waals surface area contributed by atoms with Crippen LogP contribution in [-0.2, 0) is 12.8 Å². The normalized spacial score (nSPS) is 11.0. The van der Waals surface area contributed by atoms with Crippen LogP contribution < -0.4 is 5.73 Å². The summed E-state index contributed by atoms with van der Waals surface area (Å²) in [6.07, 6.45) is 3.74. The minimum absolute atomic E-state index is 0.729. The average molecular weight is 316 g/mol. The van der Waals surface area contributed by atoms with Gasteiger partial charge in [-0.25, -0.2) is 4.98 Å². The lowest BCUT2D eigenvalue weighted by Gasteiger charge is -2.00. The highest BCUT2D eigenvalue weighted by atomic mass is 79.9. The van der Waals surface area contributed by atoms with Gasteiger partial charge in [0.15, 0.2) is 5.65 Å². The number of nitrogens with two attached hydrogens (primary N) is 1. The minimum Gasteiger partial charge on any atom is -0.383 e. The molecule has 0 aliphatic heterocycles. The number of imidazole rings is 1. The van der Waals surface area contributed by atoms with E-state index in [1.165, 1.54) is 5.56 Å². The number of rotatable bonds is 3. The van der Waals surface area contributed by atoms with Crippen molar-refractivity contribution in [1.29, 1.82) is 0 Å². The molecule has 0 aliphatic rings. The first-order chi connectivity index (χ1) is 9.25. The van der Waals surface area contributed by atoms with Gasteiger partial charge >= 0.3 is 0 Å². The van der Waals surface area contributed by atoms with Gasteiger partial charge in [0.1, 0.15) is 5.82 Å². The molecule has 0 saturated carbocycles. The van der Waals surface area contributed by atoms with E-state index in [2.05, 4.69) is 45.2 Å². The van der Waals surface area contributed by atoms with Crippen molar-refractivity contribution in [2.45, 2.75) is 12.8 Å². The van der Waals surface area contributed by atoms with E-state index < -0.39 is 0 Å². The molecule has 0 spiro atoms. The van der Waals surface area contributed by atoms with Gasteiger partial charge in [0.05, 0.1) is 10.2 Å². The molecule has 0 unspecified atom stereocenters. The van der Waals surface area contributed by atoms with Gasteiger partial charge in [-0.2, -0.15) is 0 Å². The van der Waals surface area contributed by atoms with Crippen molar-refractivity contribution >= 4 is 27.4 Å². The van der Waals surface area contributed by atoms with E-state index >= 15 is 0 Å². The Morgan fingerprint density at radius 1 is 1.05 bits per heavy atom. The third kappa shape index (κ3) is 2.36. The van der Waals surface area contributed by atoms with E-state index in [1.54, 1.807) is 0 Å². The number of aryl methyl sites for hydroxylation is 2. The van der Waals surface area contributed by atoms with Crippen molar-refractivity contribution in [3.8, 4) is 0 Å². The molecule has 0 atom stereocenters. The molecule has 2 aromatic heterocycles. The highest BCUT2D eigenvalue weighted by Gasteiger charge is 2.10. The second-order valence-electron chi connectivity index (χ2n) is 4.48. The van der Waals surface area contributed by atoms with Gasteiger partial charge in [-0.3, -0.25) is 4.40 Å². The molecule has 96 valence electrons. The SMILES string of the molecule is Nc1c(CCc2ccccc2)nc2c(Br)cccn12. The summed E-state index contributed by atoms with van der Waals surface area (Å²) in [7, 11) is 0. The number of hydrogen-bond donors (Lipinski definition) is 1. The second-order valence-corrected chi connectivity index (χ2v) is 5.33. The Hall–Kier alpha value is -1.81. The zero-order valence-electron chi connectivity index (χ0n) is 10.4. The Bertz CT molecular complexity index is 704. The van der Waals surface area contributed by atoms with Gasteiger partial charge in [-0.1, -0.05) is 30.3 Å². The van der Waals surface area contributed by atoms with Crippen LogP contribution in [0.15, 0.2) is 53.1 Å². The van der Waals surface area contributed by atoms with Gasteiger partial charge in [0.25, 0.3) is 0 Å². The monoisotopic (exact) mass is 315 g/mol. The topological polar surface area (TPSA) is 43.3 Å². The Morgan fingerprint density at radius 3 is 2.58 bits per heavy atom. The number of pyridine rings is 1. The van der Waals surface area contributed by atoms with E-state index in [1.807, 2.05) is 28.8 Å². The molecule has 3 rings (SSSR count). The molecule has 2 N–H and O–H groups in total. The highest BCUT2D eigenvalue weighted by Crippen LogP contribution is 2.22. The predicted octanol–water partition coefficient (Wildman–Crippen LogP) is 3.46. The van der Waals surface area contributed by atoms with Gasteiger partial charge in [-0.05, 0) is 46.5 Å². The Labute approximate surface area is 120 Å². The lowest BCUT2D eigenvalue weighted by molar-refractivity contribution is 0.931. The van der Waals surface area contributed by atoms with E-state index in [-0.39, 0.29) is 0 Å². The summed E-state index contributed by atoms with van der Waals surface area (Å²) in [6.45, 7) is 0. The van der Waals surface area contributed by atoms with Crippen LogP contribution in [0.25, 0.3) is 5.65 Å². The molecule has 0 saturated heterocycles. The zero-order valence-corrected chi connectivity index (χ0v) is 12.0. The first kappa shape index (κ1) is 12.2. The molecule has 0 radical (unpaired) electrons. The smallest absolute Gasteiger partial charge is 0.153 e. The van der Waals surface area contributed by atoms with Crippen molar-refractivity contribution < 1.29 is 0 Å². The van der Waals surface area contributed by atoms with Crippen molar-refractivity contribution in [2.24, 2.45) is 0 Å². The quantitative estimate of drug-likeness (QED) is 0.804. The minimum atomic E-state index is 0.729. The first-order valence-electron chi connectivity index (χ1n) is 6.20. The summed E-state index contributed by atoms with van der Waals surface area (Å²) in [5.74, 6) is 0.729. The summed E-state index contributed by atoms with van der Waals surface area (Å²) >= 11 is 3.50. The van der Waals surface area contributed by atoms with Gasteiger partial charge in [0.2, 0.25) is 0 Å². The van der Waals surface area contributed by atoms with Crippen LogP contribution in [0.4, 0.5) is 5.82 Å². The molecule has 1 aromatic carbocycles. The van der Waals surface area contributed by atoms with Gasteiger partial charge in [0, 0.05) is 6.20 Å². The van der Waals surface area contributed by atoms with E-state index in [0.29, 0.717) is 0 Å². The van der Waals surface area contributed by atoms with Crippen LogP contribution in [0.5, 0.6) is 0 Å². The van der Waals surface area contributed by atoms with Crippen molar-refractivity contribution in [2.75, 3.05) is 5.73 Å². The molecular weight excluding hydrogens is 302 g/mol. The van der Waals surface area contributed by atoms with Crippen LogP contribution in [0.1, 0.15) is 11.3 Å². The van der Waals surface area contributed by atoms with E-state index in [9.17, 15) is 0 Å². The van der Waals surface area contributed by atoms with Crippen LogP contribution in [0.2, 0.25) is 0 Å². The van der Waals surface area contributed by atoms with Crippen LogP contribution in [-0.4, -0.2) is 9.38 Å². The molecule has 0 aliphatic carbocycles. The number of fused-ring (bicyclic) bond motifs is 1. The maximum absolute atomic E-state index is 6.15. The maximum atomic E-state index is 6.15. The van der Waals surface area contributed by atoms with Crippen molar-refractivity contribution in [3.05, 3.63) is 64.4 Å². The number of benzene rings is 1. The van der Waals surface area contributed by atoms with Crippen molar-refractivity contribution in [3.63, 3.8) is 0 Å². The second kappa shape index (κ2) is 5.05. The van der Waals surface area contributed by atoms with Crippen LogP contribution in [0.3, 0.4) is 0 Å². The Morgan fingerprint density at radius 2 is 1.84 bits per heavy atom. The van der Waals surface area contributed by atoms with Gasteiger partial charge in [-0.15, -0.1) is 0 Å². The predicted molar refractivity (Wildman–Crippen MR) is 81.2 cm³/mol. The fourth-order valence-corrected chi connectivity index (χ4v) is 2.62. The summed E-state index contributed by atoms with van der Waals surface area (Å²) in [5, 5.41) is 0. The Balaban J connectivity index is 1.89. The Kier molecular flexibility index (Phi) is 3.25. The molecule has 2 heterocycles. The fourth-order valence-electron chi connectivity index (χ4n) is 2.19. The number of anilines is 1. The number of hydrogen-bond acceptors (Lipinski definition) is 2. The van der Waals surface area contributed by atoms with Crippen molar-refractivity contribution in [1.82, 2.24) is 9.38 Å². The summed E-state index contributed by atoms with van der Waals surface area (Å²) in [6, 6.07) is 14.3. The molecule has 3 aromatic rings. The fraction of sp³-hybridized carbons (Fsp3) is 0.133. The summed E-state index contributed by atoms with van der Waals surface area (Å²) in [4.78, 5) is 4.62. The highest BCUT2D eigenvalue weighted by molar-refractivity contribution is 9.10. The number of nitrogen functional groups attached to an aromatic ring is 1.